The smallest absolute Gasteiger partial charge is 0.0957 e. The van der Waals surface area contributed by atoms with Gasteiger partial charge in [0.2, 0.25) is 0 Å². The summed E-state index contributed by atoms with van der Waals surface area (Å²) in [6, 6.07) is 0. The van der Waals surface area contributed by atoms with Crippen molar-refractivity contribution < 1.29 is 0 Å². The summed E-state index contributed by atoms with van der Waals surface area (Å²) in [6.45, 7) is 2.98. The molecule has 78 valence electrons. The Morgan fingerprint density at radius 1 is 1.64 bits per heavy atom. The second-order valence-electron chi connectivity index (χ2n) is 4.22. The van der Waals surface area contributed by atoms with Gasteiger partial charge in [0.1, 0.15) is 0 Å². The van der Waals surface area contributed by atoms with Crippen LogP contribution in [0.3, 0.4) is 0 Å². The molecule has 0 radical (unpaired) electrons. The van der Waals surface area contributed by atoms with Crippen molar-refractivity contribution in [1.29, 1.82) is 0 Å². The Labute approximate surface area is 89.5 Å². The molecular formula is C11H18N2S. The molecule has 2 rings (SSSR count). The van der Waals surface area contributed by atoms with Crippen molar-refractivity contribution in [1.82, 2.24) is 4.98 Å². The maximum absolute atomic E-state index is 5.55. The molecule has 1 unspecified atom stereocenters. The second-order valence-corrected chi connectivity index (χ2v) is 5.11. The van der Waals surface area contributed by atoms with Gasteiger partial charge in [-0.3, -0.25) is 0 Å². The highest BCUT2D eigenvalue weighted by atomic mass is 32.1. The van der Waals surface area contributed by atoms with E-state index in [0.717, 1.165) is 18.9 Å². The summed E-state index contributed by atoms with van der Waals surface area (Å²) in [6.07, 6.45) is 5.12. The monoisotopic (exact) mass is 210 g/mol. The first-order valence-corrected chi connectivity index (χ1v) is 6.34. The highest BCUT2D eigenvalue weighted by molar-refractivity contribution is 7.09. The van der Waals surface area contributed by atoms with E-state index in [9.17, 15) is 0 Å². The van der Waals surface area contributed by atoms with Gasteiger partial charge in [-0.25, -0.2) is 4.98 Å². The number of nitrogens with zero attached hydrogens (tertiary/aromatic N) is 1. The lowest BCUT2D eigenvalue weighted by molar-refractivity contribution is 0.411. The van der Waals surface area contributed by atoms with Crippen LogP contribution in [0, 0.1) is 0 Å². The van der Waals surface area contributed by atoms with Gasteiger partial charge in [-0.2, -0.15) is 0 Å². The first kappa shape index (κ1) is 10.1. The van der Waals surface area contributed by atoms with Crippen LogP contribution in [-0.4, -0.2) is 11.5 Å². The van der Waals surface area contributed by atoms with Crippen LogP contribution >= 0.6 is 11.3 Å². The van der Waals surface area contributed by atoms with Crippen molar-refractivity contribution in [3.8, 4) is 0 Å². The summed E-state index contributed by atoms with van der Waals surface area (Å²) < 4.78 is 0. The lowest BCUT2D eigenvalue weighted by atomic mass is 9.83. The van der Waals surface area contributed by atoms with Gasteiger partial charge in [-0.1, -0.05) is 13.3 Å². The number of hydrogen-bond donors (Lipinski definition) is 1. The molecule has 2 nitrogen and oxygen atoms in total. The Morgan fingerprint density at radius 2 is 2.43 bits per heavy atom. The van der Waals surface area contributed by atoms with E-state index in [1.54, 1.807) is 0 Å². The third-order valence-electron chi connectivity index (χ3n) is 3.08. The molecule has 1 saturated carbocycles. The van der Waals surface area contributed by atoms with Crippen molar-refractivity contribution in [2.24, 2.45) is 5.73 Å². The summed E-state index contributed by atoms with van der Waals surface area (Å²) in [5.41, 5.74) is 6.88. The number of thiazole rings is 1. The molecule has 0 bridgehead atoms. The Morgan fingerprint density at radius 3 is 3.00 bits per heavy atom. The van der Waals surface area contributed by atoms with E-state index in [1.807, 2.05) is 11.3 Å². The van der Waals surface area contributed by atoms with E-state index in [4.69, 9.17) is 10.7 Å². The van der Waals surface area contributed by atoms with Crippen molar-refractivity contribution in [3.05, 3.63) is 16.1 Å². The zero-order chi connectivity index (χ0) is 9.97. The summed E-state index contributed by atoms with van der Waals surface area (Å²) in [5.74, 6) is 1.31. The molecule has 1 atom stereocenters. The fraction of sp³-hybridized carbons (Fsp3) is 0.727. The van der Waals surface area contributed by atoms with Crippen molar-refractivity contribution >= 4 is 11.3 Å². The minimum absolute atomic E-state index is 0.541. The Kier molecular flexibility index (Phi) is 3.19. The van der Waals surface area contributed by atoms with Gasteiger partial charge in [0.25, 0.3) is 0 Å². The lowest BCUT2D eigenvalue weighted by Gasteiger charge is -2.23. The maximum Gasteiger partial charge on any atom is 0.0957 e. The highest BCUT2D eigenvalue weighted by Gasteiger charge is 2.22. The molecule has 0 spiro atoms. The molecule has 2 N–H and O–H groups in total. The van der Waals surface area contributed by atoms with Crippen LogP contribution in [0.1, 0.15) is 55.1 Å². The molecule has 1 aromatic rings. The van der Waals surface area contributed by atoms with E-state index in [1.165, 1.54) is 30.0 Å². The van der Waals surface area contributed by atoms with Crippen molar-refractivity contribution in [3.63, 3.8) is 0 Å². The van der Waals surface area contributed by atoms with Crippen LogP contribution < -0.4 is 5.73 Å². The van der Waals surface area contributed by atoms with E-state index >= 15 is 0 Å². The van der Waals surface area contributed by atoms with Crippen LogP contribution in [0.5, 0.6) is 0 Å². The first-order valence-electron chi connectivity index (χ1n) is 5.46. The number of rotatable bonds is 4. The summed E-state index contributed by atoms with van der Waals surface area (Å²) in [4.78, 5) is 4.71. The van der Waals surface area contributed by atoms with E-state index < -0.39 is 0 Å². The fourth-order valence-electron chi connectivity index (χ4n) is 1.79. The Hall–Kier alpha value is -0.410. The third-order valence-corrected chi connectivity index (χ3v) is 4.18. The zero-order valence-corrected chi connectivity index (χ0v) is 9.52. The van der Waals surface area contributed by atoms with Crippen molar-refractivity contribution in [2.75, 3.05) is 6.54 Å². The van der Waals surface area contributed by atoms with Gasteiger partial charge >= 0.3 is 0 Å². The summed E-state index contributed by atoms with van der Waals surface area (Å²) >= 11 is 1.81. The second kappa shape index (κ2) is 4.41. The van der Waals surface area contributed by atoms with Crippen molar-refractivity contribution in [2.45, 2.75) is 44.4 Å². The molecule has 1 aliphatic rings. The fourth-order valence-corrected chi connectivity index (χ4v) is 2.79. The average Bonchev–Trinajstić information content (AvgIpc) is 2.50. The lowest BCUT2D eigenvalue weighted by Crippen LogP contribution is -2.09. The average molecular weight is 210 g/mol. The summed E-state index contributed by atoms with van der Waals surface area (Å²) in [7, 11) is 0. The molecule has 0 amide bonds. The minimum atomic E-state index is 0.541. The van der Waals surface area contributed by atoms with Crippen LogP contribution in [0.15, 0.2) is 5.38 Å². The van der Waals surface area contributed by atoms with E-state index in [2.05, 4.69) is 12.3 Å². The van der Waals surface area contributed by atoms with Gasteiger partial charge in [0.05, 0.1) is 10.7 Å². The Bertz CT molecular complexity index is 291. The molecule has 14 heavy (non-hydrogen) atoms. The largest absolute Gasteiger partial charge is 0.330 e. The first-order chi connectivity index (χ1) is 6.81. The quantitative estimate of drug-likeness (QED) is 0.830. The molecule has 3 heteroatoms. The van der Waals surface area contributed by atoms with Crippen LogP contribution in [0.25, 0.3) is 0 Å². The molecule has 1 fully saturated rings. The van der Waals surface area contributed by atoms with Gasteiger partial charge in [0.15, 0.2) is 0 Å². The van der Waals surface area contributed by atoms with Gasteiger partial charge in [0, 0.05) is 17.2 Å². The van der Waals surface area contributed by atoms with Crippen LogP contribution in [0.2, 0.25) is 0 Å². The zero-order valence-electron chi connectivity index (χ0n) is 8.70. The topological polar surface area (TPSA) is 38.9 Å². The number of hydrogen-bond acceptors (Lipinski definition) is 3. The van der Waals surface area contributed by atoms with Gasteiger partial charge in [-0.05, 0) is 25.8 Å². The summed E-state index contributed by atoms with van der Waals surface area (Å²) in [5, 5.41) is 3.52. The molecule has 0 saturated heterocycles. The Balaban J connectivity index is 2.01. The van der Waals surface area contributed by atoms with Crippen LogP contribution in [-0.2, 0) is 0 Å². The predicted octanol–water partition coefficient (Wildman–Crippen LogP) is 2.86. The molecule has 1 aliphatic carbocycles. The maximum atomic E-state index is 5.55. The van der Waals surface area contributed by atoms with Gasteiger partial charge in [-0.15, -0.1) is 11.3 Å². The van der Waals surface area contributed by atoms with E-state index in [-0.39, 0.29) is 0 Å². The molecule has 0 aliphatic heterocycles. The molecule has 1 aromatic heterocycles. The normalized spacial score (nSPS) is 19.3. The van der Waals surface area contributed by atoms with Crippen LogP contribution in [0.4, 0.5) is 0 Å². The predicted molar refractivity (Wildman–Crippen MR) is 60.8 cm³/mol. The minimum Gasteiger partial charge on any atom is -0.330 e. The van der Waals surface area contributed by atoms with E-state index in [0.29, 0.717) is 5.92 Å². The number of aromatic nitrogens is 1. The molecule has 0 aromatic carbocycles. The SMILES string of the molecule is CC(CCN)c1nc(C2CCC2)cs1. The standard InChI is InChI=1S/C11H18N2S/c1-8(5-6-12)11-13-10(7-14-11)9-3-2-4-9/h7-9H,2-6,12H2,1H3. The third kappa shape index (κ3) is 1.98. The molecule has 1 heterocycles. The molecular weight excluding hydrogens is 192 g/mol. The van der Waals surface area contributed by atoms with Gasteiger partial charge < -0.3 is 5.73 Å². The highest BCUT2D eigenvalue weighted by Crippen LogP contribution is 2.37. The number of nitrogens with two attached hydrogens (primary N) is 1.